The zero-order valence-electron chi connectivity index (χ0n) is 16.7. The van der Waals surface area contributed by atoms with Crippen molar-refractivity contribution in [2.24, 2.45) is 5.92 Å². The van der Waals surface area contributed by atoms with Crippen molar-refractivity contribution in [2.75, 3.05) is 18.0 Å². The Morgan fingerprint density at radius 3 is 2.90 bits per heavy atom. The maximum Gasteiger partial charge on any atom is 0.225 e. The Kier molecular flexibility index (Phi) is 5.38. The second-order valence-electron chi connectivity index (χ2n) is 7.56. The number of hydrogen-bond acceptors (Lipinski definition) is 5. The van der Waals surface area contributed by atoms with Crippen LogP contribution in [0, 0.1) is 25.6 Å². The Hall–Kier alpha value is -3.09. The maximum atomic E-state index is 13.3. The minimum Gasteiger partial charge on any atom is -0.369 e. The number of amides is 1. The van der Waals surface area contributed by atoms with E-state index < -0.39 is 0 Å². The molecule has 3 aromatic rings. The molecule has 2 aromatic heterocycles. The van der Waals surface area contributed by atoms with Crippen LogP contribution in [-0.2, 0) is 11.3 Å². The van der Waals surface area contributed by atoms with Crippen LogP contribution < -0.4 is 10.2 Å². The average Bonchev–Trinajstić information content (AvgIpc) is 2.73. The van der Waals surface area contributed by atoms with E-state index in [0.717, 1.165) is 47.5 Å². The van der Waals surface area contributed by atoms with Gasteiger partial charge in [0.2, 0.25) is 5.91 Å². The normalized spacial score (nSPS) is 16.8. The van der Waals surface area contributed by atoms with Crippen LogP contribution in [0.3, 0.4) is 0 Å². The Morgan fingerprint density at radius 2 is 2.07 bits per heavy atom. The fraction of sp³-hybridized carbons (Fsp3) is 0.364. The molecule has 1 amide bonds. The highest BCUT2D eigenvalue weighted by Gasteiger charge is 2.26. The first-order valence-corrected chi connectivity index (χ1v) is 9.88. The van der Waals surface area contributed by atoms with Crippen LogP contribution in [0.2, 0.25) is 0 Å². The number of nitrogens with zero attached hydrogens (tertiary/aromatic N) is 4. The molecule has 0 saturated carbocycles. The fourth-order valence-corrected chi connectivity index (χ4v) is 3.68. The van der Waals surface area contributed by atoms with Gasteiger partial charge in [-0.25, -0.2) is 19.3 Å². The molecular formula is C22H24FN5O. The largest absolute Gasteiger partial charge is 0.369 e. The number of aryl methyl sites for hydroxylation is 2. The van der Waals surface area contributed by atoms with E-state index in [0.29, 0.717) is 18.7 Å². The SMILES string of the molecule is Cc1nc2cc(N3CCCC(C(=O)NCc4cccc(F)c4)C3)cnc2nc1C. The van der Waals surface area contributed by atoms with Gasteiger partial charge in [0.25, 0.3) is 0 Å². The van der Waals surface area contributed by atoms with Crippen molar-refractivity contribution >= 4 is 22.8 Å². The molecule has 1 atom stereocenters. The summed E-state index contributed by atoms with van der Waals surface area (Å²) >= 11 is 0. The van der Waals surface area contributed by atoms with Gasteiger partial charge in [0, 0.05) is 19.6 Å². The van der Waals surface area contributed by atoms with Gasteiger partial charge in [-0.05, 0) is 50.5 Å². The van der Waals surface area contributed by atoms with Crippen LogP contribution in [-0.4, -0.2) is 33.9 Å². The lowest BCUT2D eigenvalue weighted by Gasteiger charge is -2.33. The van der Waals surface area contributed by atoms with E-state index in [1.165, 1.54) is 12.1 Å². The lowest BCUT2D eigenvalue weighted by Crippen LogP contribution is -2.43. The number of nitrogens with one attached hydrogen (secondary N) is 1. The molecule has 29 heavy (non-hydrogen) atoms. The van der Waals surface area contributed by atoms with Gasteiger partial charge in [0.15, 0.2) is 5.65 Å². The van der Waals surface area contributed by atoms with Crippen LogP contribution in [0.1, 0.15) is 29.8 Å². The van der Waals surface area contributed by atoms with Gasteiger partial charge in [-0.3, -0.25) is 4.79 Å². The second-order valence-corrected chi connectivity index (χ2v) is 7.56. The second kappa shape index (κ2) is 8.11. The van der Waals surface area contributed by atoms with Crippen LogP contribution in [0.25, 0.3) is 11.2 Å². The highest BCUT2D eigenvalue weighted by molar-refractivity contribution is 5.80. The third-order valence-corrected chi connectivity index (χ3v) is 5.43. The van der Waals surface area contributed by atoms with Gasteiger partial charge in [-0.2, -0.15) is 0 Å². The topological polar surface area (TPSA) is 71.0 Å². The number of pyridine rings is 1. The standard InChI is InChI=1S/C22H24FN5O/c1-14-15(2)27-21-20(26-14)10-19(12-24-21)28-8-4-6-17(13-28)22(29)25-11-16-5-3-7-18(23)9-16/h3,5,7,9-10,12,17H,4,6,8,11,13H2,1-2H3,(H,25,29). The fourth-order valence-electron chi connectivity index (χ4n) is 3.68. The molecule has 1 saturated heterocycles. The number of anilines is 1. The predicted octanol–water partition coefficient (Wildman–Crippen LogP) is 3.31. The van der Waals surface area contributed by atoms with Gasteiger partial charge >= 0.3 is 0 Å². The van der Waals surface area contributed by atoms with Gasteiger partial charge < -0.3 is 10.2 Å². The first-order chi connectivity index (χ1) is 14.0. The summed E-state index contributed by atoms with van der Waals surface area (Å²) in [5.74, 6) is -0.407. The van der Waals surface area contributed by atoms with E-state index in [4.69, 9.17) is 0 Å². The van der Waals surface area contributed by atoms with Crippen molar-refractivity contribution in [3.63, 3.8) is 0 Å². The van der Waals surface area contributed by atoms with Crippen molar-refractivity contribution in [1.29, 1.82) is 0 Å². The van der Waals surface area contributed by atoms with Crippen molar-refractivity contribution in [1.82, 2.24) is 20.3 Å². The molecule has 0 aliphatic carbocycles. The predicted molar refractivity (Wildman–Crippen MR) is 110 cm³/mol. The lowest BCUT2D eigenvalue weighted by molar-refractivity contribution is -0.125. The Labute approximate surface area is 169 Å². The maximum absolute atomic E-state index is 13.3. The molecular weight excluding hydrogens is 369 g/mol. The number of hydrogen-bond donors (Lipinski definition) is 1. The quantitative estimate of drug-likeness (QED) is 0.736. The zero-order valence-corrected chi connectivity index (χ0v) is 16.7. The monoisotopic (exact) mass is 393 g/mol. The number of carbonyl (C=O) groups is 1. The average molecular weight is 393 g/mol. The minimum atomic E-state index is -0.294. The van der Waals surface area contributed by atoms with E-state index in [1.807, 2.05) is 26.0 Å². The number of carbonyl (C=O) groups excluding carboxylic acids is 1. The number of fused-ring (bicyclic) bond motifs is 1. The summed E-state index contributed by atoms with van der Waals surface area (Å²) in [5.41, 5.74) is 4.89. The summed E-state index contributed by atoms with van der Waals surface area (Å²) in [4.78, 5) is 28.4. The van der Waals surface area contributed by atoms with Crippen molar-refractivity contribution in [2.45, 2.75) is 33.2 Å². The minimum absolute atomic E-state index is 0.000953. The molecule has 1 aliphatic rings. The molecule has 1 aliphatic heterocycles. The first-order valence-electron chi connectivity index (χ1n) is 9.88. The van der Waals surface area contributed by atoms with Crippen LogP contribution >= 0.6 is 0 Å². The Bertz CT molecular complexity index is 1050. The summed E-state index contributed by atoms with van der Waals surface area (Å²) in [7, 11) is 0. The molecule has 0 spiro atoms. The number of halogens is 1. The van der Waals surface area contributed by atoms with E-state index in [2.05, 4.69) is 25.2 Å². The highest BCUT2D eigenvalue weighted by Crippen LogP contribution is 2.25. The molecule has 3 heterocycles. The van der Waals surface area contributed by atoms with Crippen LogP contribution in [0.5, 0.6) is 0 Å². The number of aromatic nitrogens is 3. The zero-order chi connectivity index (χ0) is 20.4. The smallest absolute Gasteiger partial charge is 0.225 e. The summed E-state index contributed by atoms with van der Waals surface area (Å²) in [6.45, 7) is 5.70. The first kappa shape index (κ1) is 19.2. The van der Waals surface area contributed by atoms with Crippen molar-refractivity contribution in [3.8, 4) is 0 Å². The molecule has 0 radical (unpaired) electrons. The molecule has 1 N–H and O–H groups in total. The molecule has 1 fully saturated rings. The van der Waals surface area contributed by atoms with Gasteiger partial charge in [0.1, 0.15) is 11.3 Å². The molecule has 6 nitrogen and oxygen atoms in total. The summed E-state index contributed by atoms with van der Waals surface area (Å²) in [5, 5.41) is 2.94. The Balaban J connectivity index is 1.44. The number of piperidine rings is 1. The molecule has 0 bridgehead atoms. The summed E-state index contributed by atoms with van der Waals surface area (Å²) in [6, 6.07) is 8.29. The van der Waals surface area contributed by atoms with Gasteiger partial charge in [-0.15, -0.1) is 0 Å². The van der Waals surface area contributed by atoms with E-state index >= 15 is 0 Å². The molecule has 150 valence electrons. The van der Waals surface area contributed by atoms with E-state index in [-0.39, 0.29) is 17.6 Å². The van der Waals surface area contributed by atoms with Gasteiger partial charge in [-0.1, -0.05) is 12.1 Å². The summed E-state index contributed by atoms with van der Waals surface area (Å²) in [6.07, 6.45) is 3.57. The van der Waals surface area contributed by atoms with E-state index in [9.17, 15) is 9.18 Å². The number of rotatable bonds is 4. The lowest BCUT2D eigenvalue weighted by atomic mass is 9.96. The van der Waals surface area contributed by atoms with Crippen LogP contribution in [0.15, 0.2) is 36.5 Å². The number of benzene rings is 1. The molecule has 7 heteroatoms. The van der Waals surface area contributed by atoms with Crippen molar-refractivity contribution in [3.05, 3.63) is 59.3 Å². The molecule has 4 rings (SSSR count). The van der Waals surface area contributed by atoms with Crippen LogP contribution in [0.4, 0.5) is 10.1 Å². The third-order valence-electron chi connectivity index (χ3n) is 5.43. The highest BCUT2D eigenvalue weighted by atomic mass is 19.1. The Morgan fingerprint density at radius 1 is 1.24 bits per heavy atom. The molecule has 1 aromatic carbocycles. The van der Waals surface area contributed by atoms with Gasteiger partial charge in [0.05, 0.1) is 29.2 Å². The molecule has 1 unspecified atom stereocenters. The third kappa shape index (κ3) is 4.34. The van der Waals surface area contributed by atoms with Crippen molar-refractivity contribution < 1.29 is 9.18 Å². The van der Waals surface area contributed by atoms with E-state index in [1.54, 1.807) is 12.3 Å². The summed E-state index contributed by atoms with van der Waals surface area (Å²) < 4.78 is 13.3.